The first-order chi connectivity index (χ1) is 11.8. The quantitative estimate of drug-likeness (QED) is 0.794. The number of benzene rings is 1. The Bertz CT molecular complexity index is 841. The predicted molar refractivity (Wildman–Crippen MR) is 88.9 cm³/mol. The topological polar surface area (TPSA) is 88.6 Å². The molecule has 9 heteroatoms. The van der Waals surface area contributed by atoms with Gasteiger partial charge in [-0.2, -0.15) is 4.31 Å². The lowest BCUT2D eigenvalue weighted by molar-refractivity contribution is -0.121. The summed E-state index contributed by atoms with van der Waals surface area (Å²) in [6.45, 7) is -0.220. The van der Waals surface area contributed by atoms with Crippen LogP contribution in [0, 0.1) is 5.82 Å². The van der Waals surface area contributed by atoms with Crippen molar-refractivity contribution in [1.29, 1.82) is 0 Å². The molecule has 7 nitrogen and oxygen atoms in total. The average molecular weight is 367 g/mol. The first kappa shape index (κ1) is 18.8. The Kier molecular flexibility index (Phi) is 6.05. The van der Waals surface area contributed by atoms with Gasteiger partial charge in [0.2, 0.25) is 21.8 Å². The normalized spacial score (nSPS) is 11.4. The Morgan fingerprint density at radius 1 is 1.28 bits per heavy atom. The molecule has 2 aromatic rings. The number of aromatic nitrogens is 1. The molecule has 0 saturated carbocycles. The highest BCUT2D eigenvalue weighted by Crippen LogP contribution is 2.15. The number of hydrogen-bond donors (Lipinski definition) is 1. The Balaban J connectivity index is 1.98. The Hall–Kier alpha value is -2.52. The molecule has 0 aliphatic rings. The second kappa shape index (κ2) is 8.04. The lowest BCUT2D eigenvalue weighted by atomic mass is 10.2. The van der Waals surface area contributed by atoms with Gasteiger partial charge in [-0.15, -0.1) is 0 Å². The summed E-state index contributed by atoms with van der Waals surface area (Å²) >= 11 is 0. The standard InChI is InChI=1S/C16H18FN3O4S/c1-20(25(22,23)14-7-5-13(17)6-8-14)11-15(21)19-10-12-4-3-9-18-16(12)24-2/h3-9H,10-11H2,1-2H3,(H,19,21). The number of ether oxygens (including phenoxy) is 1. The molecule has 0 unspecified atom stereocenters. The molecule has 0 fully saturated rings. The monoisotopic (exact) mass is 367 g/mol. The number of hydrogen-bond acceptors (Lipinski definition) is 5. The summed E-state index contributed by atoms with van der Waals surface area (Å²) in [6.07, 6.45) is 1.56. The van der Waals surface area contributed by atoms with Gasteiger partial charge in [-0.25, -0.2) is 17.8 Å². The first-order valence-corrected chi connectivity index (χ1v) is 8.75. The van der Waals surface area contributed by atoms with Crippen LogP contribution in [0.25, 0.3) is 0 Å². The molecule has 0 bridgehead atoms. The molecule has 25 heavy (non-hydrogen) atoms. The largest absolute Gasteiger partial charge is 0.481 e. The maximum atomic E-state index is 12.9. The van der Waals surface area contributed by atoms with Crippen molar-refractivity contribution in [2.24, 2.45) is 0 Å². The number of amides is 1. The zero-order chi connectivity index (χ0) is 18.4. The van der Waals surface area contributed by atoms with Crippen molar-refractivity contribution in [3.05, 3.63) is 54.0 Å². The van der Waals surface area contributed by atoms with E-state index >= 15 is 0 Å². The molecule has 1 N–H and O–H groups in total. The Labute approximate surface area is 145 Å². The summed E-state index contributed by atoms with van der Waals surface area (Å²) < 4.78 is 43.6. The van der Waals surface area contributed by atoms with Gasteiger partial charge in [0.15, 0.2) is 0 Å². The molecule has 1 heterocycles. The highest BCUT2D eigenvalue weighted by molar-refractivity contribution is 7.89. The second-order valence-corrected chi connectivity index (χ2v) is 7.21. The van der Waals surface area contributed by atoms with E-state index in [0.29, 0.717) is 11.4 Å². The van der Waals surface area contributed by atoms with E-state index in [1.54, 1.807) is 18.3 Å². The van der Waals surface area contributed by atoms with Gasteiger partial charge in [0.05, 0.1) is 18.6 Å². The maximum absolute atomic E-state index is 12.9. The van der Waals surface area contributed by atoms with Crippen LogP contribution < -0.4 is 10.1 Å². The minimum atomic E-state index is -3.88. The van der Waals surface area contributed by atoms with Crippen molar-refractivity contribution in [1.82, 2.24) is 14.6 Å². The van der Waals surface area contributed by atoms with E-state index in [1.165, 1.54) is 14.2 Å². The summed E-state index contributed by atoms with van der Waals surface area (Å²) in [7, 11) is -1.13. The van der Waals surface area contributed by atoms with Crippen LogP contribution in [-0.2, 0) is 21.4 Å². The third-order valence-corrected chi connectivity index (χ3v) is 5.23. The Morgan fingerprint density at radius 2 is 1.96 bits per heavy atom. The van der Waals surface area contributed by atoms with E-state index in [0.717, 1.165) is 28.6 Å². The number of sulfonamides is 1. The van der Waals surface area contributed by atoms with E-state index in [1.807, 2.05) is 0 Å². The molecule has 2 rings (SSSR count). The van der Waals surface area contributed by atoms with E-state index in [-0.39, 0.29) is 18.0 Å². The number of carbonyl (C=O) groups is 1. The number of likely N-dealkylation sites (N-methyl/N-ethyl adjacent to an activating group) is 1. The molecule has 1 aromatic heterocycles. The van der Waals surface area contributed by atoms with Crippen LogP contribution in [-0.4, -0.2) is 44.3 Å². The number of nitrogens with one attached hydrogen (secondary N) is 1. The first-order valence-electron chi connectivity index (χ1n) is 7.31. The lowest BCUT2D eigenvalue weighted by Crippen LogP contribution is -2.38. The molecule has 0 spiro atoms. The van der Waals surface area contributed by atoms with Gasteiger partial charge >= 0.3 is 0 Å². The number of rotatable bonds is 7. The number of halogens is 1. The molecule has 0 radical (unpaired) electrons. The van der Waals surface area contributed by atoms with Crippen LogP contribution in [0.4, 0.5) is 4.39 Å². The number of pyridine rings is 1. The summed E-state index contributed by atoms with van der Waals surface area (Å²) in [5.74, 6) is -0.640. The number of carbonyl (C=O) groups excluding carboxylic acids is 1. The summed E-state index contributed by atoms with van der Waals surface area (Å²) in [5, 5.41) is 2.61. The fourth-order valence-electron chi connectivity index (χ4n) is 2.07. The van der Waals surface area contributed by atoms with Crippen molar-refractivity contribution in [3.63, 3.8) is 0 Å². The highest BCUT2D eigenvalue weighted by Gasteiger charge is 2.23. The number of nitrogens with zero attached hydrogens (tertiary/aromatic N) is 2. The zero-order valence-electron chi connectivity index (χ0n) is 13.8. The van der Waals surface area contributed by atoms with Gasteiger partial charge in [-0.05, 0) is 30.3 Å². The summed E-state index contributed by atoms with van der Waals surface area (Å²) in [4.78, 5) is 15.9. The predicted octanol–water partition coefficient (Wildman–Crippen LogP) is 1.17. The van der Waals surface area contributed by atoms with Gasteiger partial charge in [0.1, 0.15) is 5.82 Å². The van der Waals surface area contributed by atoms with Crippen molar-refractivity contribution >= 4 is 15.9 Å². The lowest BCUT2D eigenvalue weighted by Gasteiger charge is -2.17. The minimum absolute atomic E-state index is 0.0851. The average Bonchev–Trinajstić information content (AvgIpc) is 2.60. The van der Waals surface area contributed by atoms with E-state index in [4.69, 9.17) is 4.74 Å². The van der Waals surface area contributed by atoms with Crippen molar-refractivity contribution in [2.45, 2.75) is 11.4 Å². The third kappa shape index (κ3) is 4.74. The Morgan fingerprint density at radius 3 is 2.60 bits per heavy atom. The van der Waals surface area contributed by atoms with Crippen LogP contribution in [0.5, 0.6) is 5.88 Å². The fraction of sp³-hybridized carbons (Fsp3) is 0.250. The highest BCUT2D eigenvalue weighted by atomic mass is 32.2. The van der Waals surface area contributed by atoms with Crippen LogP contribution in [0.15, 0.2) is 47.5 Å². The third-order valence-electron chi connectivity index (χ3n) is 3.41. The van der Waals surface area contributed by atoms with Gasteiger partial charge in [0.25, 0.3) is 0 Å². The fourth-order valence-corrected chi connectivity index (χ4v) is 3.19. The smallest absolute Gasteiger partial charge is 0.243 e. The second-order valence-electron chi connectivity index (χ2n) is 5.16. The van der Waals surface area contributed by atoms with E-state index in [9.17, 15) is 17.6 Å². The molecule has 1 amide bonds. The van der Waals surface area contributed by atoms with Crippen LogP contribution in [0.2, 0.25) is 0 Å². The van der Waals surface area contributed by atoms with Gasteiger partial charge in [-0.1, -0.05) is 6.07 Å². The van der Waals surface area contributed by atoms with Crippen molar-refractivity contribution < 1.29 is 22.3 Å². The maximum Gasteiger partial charge on any atom is 0.243 e. The molecule has 0 aliphatic carbocycles. The molecule has 1 aromatic carbocycles. The van der Waals surface area contributed by atoms with E-state index in [2.05, 4.69) is 10.3 Å². The molecule has 0 atom stereocenters. The summed E-state index contributed by atoms with van der Waals surface area (Å²) in [6, 6.07) is 7.85. The molecular formula is C16H18FN3O4S. The van der Waals surface area contributed by atoms with Gasteiger partial charge in [0, 0.05) is 25.4 Å². The van der Waals surface area contributed by atoms with Gasteiger partial charge < -0.3 is 10.1 Å². The van der Waals surface area contributed by atoms with Crippen molar-refractivity contribution in [3.8, 4) is 5.88 Å². The molecule has 0 aliphatic heterocycles. The van der Waals surface area contributed by atoms with E-state index < -0.39 is 21.7 Å². The zero-order valence-corrected chi connectivity index (χ0v) is 14.6. The van der Waals surface area contributed by atoms with Crippen LogP contribution >= 0.6 is 0 Å². The molecule has 134 valence electrons. The minimum Gasteiger partial charge on any atom is -0.481 e. The SMILES string of the molecule is COc1ncccc1CNC(=O)CN(C)S(=O)(=O)c1ccc(F)cc1. The van der Waals surface area contributed by atoms with Crippen LogP contribution in [0.3, 0.4) is 0 Å². The summed E-state index contributed by atoms with van der Waals surface area (Å²) in [5.41, 5.74) is 0.669. The van der Waals surface area contributed by atoms with Crippen molar-refractivity contribution in [2.75, 3.05) is 20.7 Å². The van der Waals surface area contributed by atoms with Crippen LogP contribution in [0.1, 0.15) is 5.56 Å². The molecular weight excluding hydrogens is 349 g/mol. The van der Waals surface area contributed by atoms with Gasteiger partial charge in [-0.3, -0.25) is 4.79 Å². The number of methoxy groups -OCH3 is 1. The molecule has 0 saturated heterocycles.